The highest BCUT2D eigenvalue weighted by atomic mass is 35.5. The molecule has 2 heterocycles. The van der Waals surface area contributed by atoms with Crippen LogP contribution in [-0.2, 0) is 10.5 Å². The van der Waals surface area contributed by atoms with Crippen LogP contribution in [0.15, 0.2) is 52.9 Å². The SMILES string of the molecule is O=C(Nc1nnc(SCc2ccccc2)s1)c1ccc(Cl)cc1N1CCCC1=O. The van der Waals surface area contributed by atoms with Gasteiger partial charge in [0.25, 0.3) is 5.91 Å². The van der Waals surface area contributed by atoms with Crippen LogP contribution in [0, 0.1) is 0 Å². The van der Waals surface area contributed by atoms with Crippen LogP contribution in [0.3, 0.4) is 0 Å². The Morgan fingerprint density at radius 1 is 1.21 bits per heavy atom. The molecule has 1 aromatic heterocycles. The fourth-order valence-corrected chi connectivity index (χ4v) is 4.89. The van der Waals surface area contributed by atoms with Crippen molar-refractivity contribution in [2.45, 2.75) is 22.9 Å². The first-order chi connectivity index (χ1) is 14.1. The molecule has 29 heavy (non-hydrogen) atoms. The van der Waals surface area contributed by atoms with Gasteiger partial charge in [0.1, 0.15) is 0 Å². The van der Waals surface area contributed by atoms with Crippen molar-refractivity contribution < 1.29 is 9.59 Å². The van der Waals surface area contributed by atoms with Crippen molar-refractivity contribution in [2.75, 3.05) is 16.8 Å². The normalized spacial score (nSPS) is 13.7. The van der Waals surface area contributed by atoms with Gasteiger partial charge >= 0.3 is 0 Å². The highest BCUT2D eigenvalue weighted by Crippen LogP contribution is 2.31. The summed E-state index contributed by atoms with van der Waals surface area (Å²) in [7, 11) is 0. The first-order valence-corrected chi connectivity index (χ1v) is 11.2. The van der Waals surface area contributed by atoms with E-state index in [1.807, 2.05) is 18.2 Å². The number of carbonyl (C=O) groups excluding carboxylic acids is 2. The minimum Gasteiger partial charge on any atom is -0.312 e. The summed E-state index contributed by atoms with van der Waals surface area (Å²) in [6, 6.07) is 15.0. The maximum atomic E-state index is 12.8. The molecule has 0 unspecified atom stereocenters. The van der Waals surface area contributed by atoms with Crippen LogP contribution >= 0.6 is 34.7 Å². The molecule has 1 fully saturated rings. The Bertz CT molecular complexity index is 1040. The third-order valence-corrected chi connectivity index (χ3v) is 6.68. The van der Waals surface area contributed by atoms with Gasteiger partial charge in [0, 0.05) is 23.7 Å². The number of thioether (sulfide) groups is 1. The highest BCUT2D eigenvalue weighted by molar-refractivity contribution is 8.00. The van der Waals surface area contributed by atoms with E-state index in [4.69, 9.17) is 11.6 Å². The summed E-state index contributed by atoms with van der Waals surface area (Å²) >= 11 is 8.99. The number of halogens is 1. The molecule has 0 atom stereocenters. The van der Waals surface area contributed by atoms with Gasteiger partial charge in [-0.05, 0) is 30.2 Å². The molecule has 4 rings (SSSR count). The second-order valence-corrected chi connectivity index (χ2v) is 9.05. The van der Waals surface area contributed by atoms with Crippen molar-refractivity contribution in [2.24, 2.45) is 0 Å². The van der Waals surface area contributed by atoms with Crippen molar-refractivity contribution in [3.05, 3.63) is 64.7 Å². The zero-order valence-electron chi connectivity index (χ0n) is 15.3. The van der Waals surface area contributed by atoms with Crippen molar-refractivity contribution >= 4 is 57.3 Å². The number of rotatable bonds is 6. The molecule has 0 saturated carbocycles. The average molecular weight is 445 g/mol. The number of carbonyl (C=O) groups is 2. The number of nitrogens with one attached hydrogen (secondary N) is 1. The molecular formula is C20H17ClN4O2S2. The molecule has 6 nitrogen and oxygen atoms in total. The zero-order valence-corrected chi connectivity index (χ0v) is 17.7. The van der Waals surface area contributed by atoms with E-state index in [1.54, 1.807) is 34.9 Å². The van der Waals surface area contributed by atoms with E-state index in [1.165, 1.54) is 16.9 Å². The first-order valence-electron chi connectivity index (χ1n) is 9.01. The topological polar surface area (TPSA) is 75.2 Å². The van der Waals surface area contributed by atoms with Crippen molar-refractivity contribution in [1.29, 1.82) is 0 Å². The van der Waals surface area contributed by atoms with Crippen LogP contribution in [-0.4, -0.2) is 28.6 Å². The minimum absolute atomic E-state index is 0.00294. The van der Waals surface area contributed by atoms with Gasteiger partial charge in [-0.15, -0.1) is 10.2 Å². The number of hydrogen-bond donors (Lipinski definition) is 1. The number of amides is 2. The van der Waals surface area contributed by atoms with Crippen LogP contribution in [0.4, 0.5) is 10.8 Å². The quantitative estimate of drug-likeness (QED) is 0.434. The minimum atomic E-state index is -0.341. The molecule has 0 spiro atoms. The largest absolute Gasteiger partial charge is 0.312 e. The standard InChI is InChI=1S/C20H17ClN4O2S2/c21-14-8-9-15(16(11-14)25-10-4-7-17(25)26)18(27)22-19-23-24-20(29-19)28-12-13-5-2-1-3-6-13/h1-3,5-6,8-9,11H,4,7,10,12H2,(H,22,23,27). The Labute approximate surface area is 181 Å². The monoisotopic (exact) mass is 444 g/mol. The maximum absolute atomic E-state index is 12.8. The van der Waals surface area contributed by atoms with E-state index in [2.05, 4.69) is 27.6 Å². The Morgan fingerprint density at radius 3 is 2.79 bits per heavy atom. The van der Waals surface area contributed by atoms with E-state index in [0.717, 1.165) is 16.5 Å². The van der Waals surface area contributed by atoms with Crippen LogP contribution < -0.4 is 10.2 Å². The van der Waals surface area contributed by atoms with Gasteiger partial charge < -0.3 is 4.90 Å². The van der Waals surface area contributed by atoms with Crippen molar-refractivity contribution in [1.82, 2.24) is 10.2 Å². The molecule has 1 saturated heterocycles. The van der Waals surface area contributed by atoms with E-state index in [9.17, 15) is 9.59 Å². The van der Waals surface area contributed by atoms with Crippen LogP contribution in [0.25, 0.3) is 0 Å². The lowest BCUT2D eigenvalue weighted by molar-refractivity contribution is -0.117. The van der Waals surface area contributed by atoms with Gasteiger partial charge in [-0.25, -0.2) is 0 Å². The van der Waals surface area contributed by atoms with Gasteiger partial charge in [-0.1, -0.05) is 65.0 Å². The Balaban J connectivity index is 1.46. The van der Waals surface area contributed by atoms with Gasteiger partial charge in [0.2, 0.25) is 11.0 Å². The summed E-state index contributed by atoms with van der Waals surface area (Å²) in [6.07, 6.45) is 1.25. The summed E-state index contributed by atoms with van der Waals surface area (Å²) in [4.78, 5) is 26.6. The molecule has 2 aromatic carbocycles. The summed E-state index contributed by atoms with van der Waals surface area (Å²) < 4.78 is 0.773. The molecule has 1 aliphatic rings. The van der Waals surface area contributed by atoms with Gasteiger partial charge in [0.15, 0.2) is 4.34 Å². The fraction of sp³-hybridized carbons (Fsp3) is 0.200. The lowest BCUT2D eigenvalue weighted by Gasteiger charge is -2.19. The molecular weight excluding hydrogens is 428 g/mol. The predicted octanol–water partition coefficient (Wildman–Crippen LogP) is 4.86. The van der Waals surface area contributed by atoms with Crippen LogP contribution in [0.2, 0.25) is 5.02 Å². The van der Waals surface area contributed by atoms with E-state index in [-0.39, 0.29) is 11.8 Å². The predicted molar refractivity (Wildman–Crippen MR) is 117 cm³/mol. The molecule has 1 aliphatic heterocycles. The summed E-state index contributed by atoms with van der Waals surface area (Å²) in [6.45, 7) is 0.582. The lowest BCUT2D eigenvalue weighted by atomic mass is 10.1. The van der Waals surface area contributed by atoms with E-state index in [0.29, 0.717) is 34.4 Å². The number of anilines is 2. The molecule has 3 aromatic rings. The Hall–Kier alpha value is -2.42. The summed E-state index contributed by atoms with van der Waals surface area (Å²) in [5.41, 5.74) is 2.11. The number of aromatic nitrogens is 2. The Morgan fingerprint density at radius 2 is 2.03 bits per heavy atom. The average Bonchev–Trinajstić information content (AvgIpc) is 3.35. The lowest BCUT2D eigenvalue weighted by Crippen LogP contribution is -2.27. The molecule has 0 bridgehead atoms. The fourth-order valence-electron chi connectivity index (χ4n) is 3.03. The van der Waals surface area contributed by atoms with E-state index < -0.39 is 0 Å². The van der Waals surface area contributed by atoms with Crippen LogP contribution in [0.5, 0.6) is 0 Å². The molecule has 0 radical (unpaired) electrons. The number of benzene rings is 2. The third kappa shape index (κ3) is 4.77. The zero-order chi connectivity index (χ0) is 20.2. The first kappa shape index (κ1) is 19.9. The summed E-state index contributed by atoms with van der Waals surface area (Å²) in [5.74, 6) is 0.436. The smallest absolute Gasteiger partial charge is 0.259 e. The third-order valence-electron chi connectivity index (χ3n) is 4.40. The molecule has 148 valence electrons. The van der Waals surface area contributed by atoms with Gasteiger partial charge in [-0.2, -0.15) is 0 Å². The highest BCUT2D eigenvalue weighted by Gasteiger charge is 2.26. The van der Waals surface area contributed by atoms with Crippen molar-refractivity contribution in [3.8, 4) is 0 Å². The van der Waals surface area contributed by atoms with E-state index >= 15 is 0 Å². The molecule has 2 amide bonds. The number of hydrogen-bond acceptors (Lipinski definition) is 6. The van der Waals surface area contributed by atoms with Crippen molar-refractivity contribution in [3.63, 3.8) is 0 Å². The summed E-state index contributed by atoms with van der Waals surface area (Å²) in [5, 5.41) is 11.9. The van der Waals surface area contributed by atoms with Gasteiger partial charge in [0.05, 0.1) is 11.3 Å². The maximum Gasteiger partial charge on any atom is 0.259 e. The Kier molecular flexibility index (Phi) is 6.13. The van der Waals surface area contributed by atoms with Crippen LogP contribution in [0.1, 0.15) is 28.8 Å². The second-order valence-electron chi connectivity index (χ2n) is 6.41. The number of nitrogens with zero attached hydrogens (tertiary/aromatic N) is 3. The molecule has 1 N–H and O–H groups in total. The molecule has 9 heteroatoms. The second kappa shape index (κ2) is 8.94. The molecule has 0 aliphatic carbocycles. The van der Waals surface area contributed by atoms with Gasteiger partial charge in [-0.3, -0.25) is 14.9 Å².